The Kier molecular flexibility index (Phi) is 5.75. The fraction of sp³-hybridized carbons (Fsp3) is 0.409. The summed E-state index contributed by atoms with van der Waals surface area (Å²) in [5, 5.41) is 0. The molecule has 2 aromatic rings. The summed E-state index contributed by atoms with van der Waals surface area (Å²) in [5.74, 6) is 2.29. The Morgan fingerprint density at radius 3 is 2.56 bits per heavy atom. The van der Waals surface area contributed by atoms with E-state index in [0.717, 1.165) is 34.9 Å². The number of nitrogens with zero attached hydrogens (tertiary/aromatic N) is 1. The summed E-state index contributed by atoms with van der Waals surface area (Å²) >= 11 is -3.33. The molecule has 1 aliphatic heterocycles. The zero-order valence-electron chi connectivity index (χ0n) is 17.1. The van der Waals surface area contributed by atoms with Gasteiger partial charge < -0.3 is 0 Å². The molecule has 1 heterocycles. The first-order valence-corrected chi connectivity index (χ1v) is 17.6. The predicted molar refractivity (Wildman–Crippen MR) is 113 cm³/mol. The summed E-state index contributed by atoms with van der Waals surface area (Å²) in [7, 11) is 0. The summed E-state index contributed by atoms with van der Waals surface area (Å²) in [6.07, 6.45) is 2.92. The molecule has 0 aliphatic carbocycles. The third kappa shape index (κ3) is 4.42. The molecule has 0 saturated carbocycles. The molecule has 0 fully saturated rings. The number of fused-ring (bicyclic) bond motifs is 2. The molecule has 0 N–H and O–H groups in total. The quantitative estimate of drug-likeness (QED) is 0.511. The Morgan fingerprint density at radius 2 is 1.85 bits per heavy atom. The maximum atomic E-state index is 6.44. The first-order chi connectivity index (χ1) is 12.8. The standard InChI is InChI=1S/C20H25NO3.2CH3.Sn/c1-5-20(3,4)15-10-11-17(22)16(12-15)21-13-14-8-7-9-18(19(14)23)24-6-2;;;/h7-13,22-23H,5-6H2,1-4H3;2*1H3;/q;;;+2/p-2. The average molecular weight is 474 g/mol. The third-order valence-electron chi connectivity index (χ3n) is 4.98. The average Bonchev–Trinajstić information content (AvgIpc) is 2.67. The second kappa shape index (κ2) is 7.74. The van der Waals surface area contributed by atoms with E-state index in [1.807, 2.05) is 37.4 Å². The van der Waals surface area contributed by atoms with E-state index >= 15 is 0 Å². The van der Waals surface area contributed by atoms with Crippen LogP contribution in [-0.2, 0) is 5.41 Å². The molecule has 0 spiro atoms. The summed E-state index contributed by atoms with van der Waals surface area (Å²) in [6.45, 7) is 9.28. The summed E-state index contributed by atoms with van der Waals surface area (Å²) in [6, 6.07) is 12.3. The molecule has 3 rings (SSSR count). The molecular formula is C22H29NO3Sn. The number of hydrogen-bond donors (Lipinski definition) is 0. The molecule has 0 saturated heterocycles. The number of aliphatic imine (C=N–C) groups is 1. The molecule has 0 radical (unpaired) electrons. The van der Waals surface area contributed by atoms with Crippen molar-refractivity contribution in [3.63, 3.8) is 0 Å². The number of para-hydroxylation sites is 1. The van der Waals surface area contributed by atoms with Crippen molar-refractivity contribution in [2.45, 2.75) is 49.4 Å². The van der Waals surface area contributed by atoms with Crippen LogP contribution < -0.4 is 10.9 Å². The van der Waals surface area contributed by atoms with E-state index in [-0.39, 0.29) is 5.41 Å². The van der Waals surface area contributed by atoms with Crippen LogP contribution in [0.2, 0.25) is 9.88 Å². The van der Waals surface area contributed by atoms with E-state index in [4.69, 9.17) is 15.9 Å². The first kappa shape index (κ1) is 20.1. The van der Waals surface area contributed by atoms with Crippen molar-refractivity contribution in [3.05, 3.63) is 47.5 Å². The van der Waals surface area contributed by atoms with Crippen LogP contribution in [0.5, 0.6) is 17.2 Å². The van der Waals surface area contributed by atoms with Gasteiger partial charge in [-0.15, -0.1) is 0 Å². The molecule has 2 aromatic carbocycles. The van der Waals surface area contributed by atoms with E-state index in [9.17, 15) is 0 Å². The van der Waals surface area contributed by atoms with Crippen molar-refractivity contribution in [2.75, 3.05) is 6.61 Å². The Balaban J connectivity index is 2.13. The number of rotatable bonds is 4. The minimum absolute atomic E-state index is 0.0956. The van der Waals surface area contributed by atoms with Crippen molar-refractivity contribution < 1.29 is 10.9 Å². The fourth-order valence-corrected chi connectivity index (χ4v) is 7.16. The number of benzene rings is 2. The van der Waals surface area contributed by atoms with Gasteiger partial charge in [-0.3, -0.25) is 0 Å². The van der Waals surface area contributed by atoms with Crippen LogP contribution >= 0.6 is 0 Å². The van der Waals surface area contributed by atoms with Crippen molar-refractivity contribution in [1.29, 1.82) is 0 Å². The van der Waals surface area contributed by atoms with Gasteiger partial charge in [0, 0.05) is 0 Å². The van der Waals surface area contributed by atoms with Crippen LogP contribution in [0.1, 0.15) is 45.2 Å². The van der Waals surface area contributed by atoms with Gasteiger partial charge in [0.2, 0.25) is 0 Å². The van der Waals surface area contributed by atoms with E-state index < -0.39 is 19.2 Å². The summed E-state index contributed by atoms with van der Waals surface area (Å²) < 4.78 is 18.6. The van der Waals surface area contributed by atoms with Gasteiger partial charge in [0.15, 0.2) is 0 Å². The molecule has 144 valence electrons. The van der Waals surface area contributed by atoms with Gasteiger partial charge in [-0.1, -0.05) is 0 Å². The first-order valence-electron chi connectivity index (χ1n) is 9.58. The molecule has 0 amide bonds. The van der Waals surface area contributed by atoms with Crippen molar-refractivity contribution in [2.24, 2.45) is 4.99 Å². The molecule has 0 bridgehead atoms. The van der Waals surface area contributed by atoms with Gasteiger partial charge in [-0.2, -0.15) is 0 Å². The molecule has 4 nitrogen and oxygen atoms in total. The number of hydrogen-bond acceptors (Lipinski definition) is 4. The second-order valence-corrected chi connectivity index (χ2v) is 17.0. The van der Waals surface area contributed by atoms with Crippen LogP contribution in [0.15, 0.2) is 41.4 Å². The monoisotopic (exact) mass is 475 g/mol. The van der Waals surface area contributed by atoms with Crippen LogP contribution in [0.25, 0.3) is 0 Å². The van der Waals surface area contributed by atoms with E-state index in [0.29, 0.717) is 6.61 Å². The summed E-state index contributed by atoms with van der Waals surface area (Å²) in [4.78, 5) is 8.99. The topological polar surface area (TPSA) is 40.0 Å². The van der Waals surface area contributed by atoms with Crippen LogP contribution in [0.3, 0.4) is 0 Å². The molecule has 0 atom stereocenters. The van der Waals surface area contributed by atoms with Gasteiger partial charge in [0.1, 0.15) is 0 Å². The van der Waals surface area contributed by atoms with Crippen molar-refractivity contribution in [1.82, 2.24) is 0 Å². The molecule has 1 aliphatic rings. The Bertz CT molecular complexity index is 859. The van der Waals surface area contributed by atoms with Gasteiger partial charge in [-0.05, 0) is 0 Å². The van der Waals surface area contributed by atoms with Gasteiger partial charge in [0.05, 0.1) is 0 Å². The molecular weight excluding hydrogens is 445 g/mol. The fourth-order valence-electron chi connectivity index (χ4n) is 3.01. The molecule has 0 aromatic heterocycles. The summed E-state index contributed by atoms with van der Waals surface area (Å²) in [5.41, 5.74) is 3.14. The molecule has 5 heteroatoms. The normalized spacial score (nSPS) is 15.3. The zero-order valence-corrected chi connectivity index (χ0v) is 20.0. The Morgan fingerprint density at radius 1 is 1.07 bits per heavy atom. The van der Waals surface area contributed by atoms with E-state index in [2.05, 4.69) is 42.8 Å². The zero-order chi connectivity index (χ0) is 19.7. The van der Waals surface area contributed by atoms with Crippen LogP contribution in [0.4, 0.5) is 5.69 Å². The Labute approximate surface area is 167 Å². The van der Waals surface area contributed by atoms with Gasteiger partial charge in [0.25, 0.3) is 0 Å². The van der Waals surface area contributed by atoms with E-state index in [1.54, 1.807) is 0 Å². The van der Waals surface area contributed by atoms with Crippen molar-refractivity contribution in [3.8, 4) is 17.2 Å². The predicted octanol–water partition coefficient (Wildman–Crippen LogP) is 6.00. The molecule has 0 unspecified atom stereocenters. The van der Waals surface area contributed by atoms with E-state index in [1.165, 1.54) is 5.56 Å². The maximum absolute atomic E-state index is 6.44. The SMILES string of the molecule is CCOc1cccc2c1[O][Sn]([CH3])([CH3])[O]c1ccc(C(C)(C)CC)cc1N=C2. The van der Waals surface area contributed by atoms with Crippen molar-refractivity contribution >= 4 is 31.1 Å². The third-order valence-corrected chi connectivity index (χ3v) is 9.00. The van der Waals surface area contributed by atoms with Gasteiger partial charge in [-0.25, -0.2) is 0 Å². The Hall–Kier alpha value is -1.69. The van der Waals surface area contributed by atoms with Crippen LogP contribution in [-0.4, -0.2) is 32.0 Å². The second-order valence-electron chi connectivity index (χ2n) is 7.89. The van der Waals surface area contributed by atoms with Crippen LogP contribution in [0, 0.1) is 0 Å². The number of ether oxygens (including phenoxy) is 1. The minimum atomic E-state index is -3.33. The molecule has 27 heavy (non-hydrogen) atoms. The van der Waals surface area contributed by atoms with Gasteiger partial charge >= 0.3 is 168 Å².